The van der Waals surface area contributed by atoms with E-state index in [-0.39, 0.29) is 24.5 Å². The molecule has 0 spiro atoms. The van der Waals surface area contributed by atoms with Gasteiger partial charge in [0.15, 0.2) is 18.1 Å². The highest BCUT2D eigenvalue weighted by Gasteiger charge is 2.10. The Balaban J connectivity index is 1.89. The highest BCUT2D eigenvalue weighted by molar-refractivity contribution is 5.90. The first kappa shape index (κ1) is 14.6. The summed E-state index contributed by atoms with van der Waals surface area (Å²) >= 11 is 0. The van der Waals surface area contributed by atoms with Crippen LogP contribution >= 0.6 is 0 Å². The molecule has 0 bridgehead atoms. The van der Waals surface area contributed by atoms with Crippen LogP contribution in [0, 0.1) is 0 Å². The molecule has 8 heteroatoms. The number of nitrogens with one attached hydrogen (secondary N) is 2. The van der Waals surface area contributed by atoms with E-state index in [2.05, 4.69) is 20.5 Å². The monoisotopic (exact) mass is 292 g/mol. The average molecular weight is 292 g/mol. The summed E-state index contributed by atoms with van der Waals surface area (Å²) in [6.45, 7) is 2.22. The van der Waals surface area contributed by atoms with Gasteiger partial charge >= 0.3 is 6.01 Å². The normalized spacial score (nSPS) is 10.0. The van der Waals surface area contributed by atoms with E-state index in [1.165, 1.54) is 7.11 Å². The lowest BCUT2D eigenvalue weighted by Gasteiger charge is -2.10. The largest absolute Gasteiger partial charge is 0.490 e. The van der Waals surface area contributed by atoms with Crippen LogP contribution in [-0.4, -0.2) is 41.4 Å². The van der Waals surface area contributed by atoms with Crippen molar-refractivity contribution in [3.8, 4) is 17.5 Å². The molecule has 1 amide bonds. The van der Waals surface area contributed by atoms with Crippen LogP contribution in [-0.2, 0) is 4.79 Å². The predicted molar refractivity (Wildman–Crippen MR) is 74.7 cm³/mol. The van der Waals surface area contributed by atoms with E-state index in [9.17, 15) is 4.79 Å². The maximum absolute atomic E-state index is 11.7. The van der Waals surface area contributed by atoms with Gasteiger partial charge in [0.05, 0.1) is 13.7 Å². The number of carbonyl (C=O) groups excluding carboxylic acids is 1. The third kappa shape index (κ3) is 4.10. The van der Waals surface area contributed by atoms with Gasteiger partial charge in [-0.1, -0.05) is 12.1 Å². The van der Waals surface area contributed by atoms with E-state index in [0.29, 0.717) is 18.1 Å². The summed E-state index contributed by atoms with van der Waals surface area (Å²) in [6, 6.07) is 7.29. The number of carbonyl (C=O) groups is 1. The molecule has 112 valence electrons. The molecule has 1 heterocycles. The van der Waals surface area contributed by atoms with Crippen LogP contribution in [0.2, 0.25) is 0 Å². The summed E-state index contributed by atoms with van der Waals surface area (Å²) in [5.41, 5.74) is 0. The van der Waals surface area contributed by atoms with Crippen molar-refractivity contribution < 1.29 is 19.0 Å². The number of amides is 1. The van der Waals surface area contributed by atoms with Gasteiger partial charge in [-0.15, -0.1) is 5.10 Å². The molecule has 21 heavy (non-hydrogen) atoms. The van der Waals surface area contributed by atoms with E-state index in [1.807, 2.05) is 13.0 Å². The van der Waals surface area contributed by atoms with Gasteiger partial charge in [-0.25, -0.2) is 5.10 Å². The molecule has 0 aliphatic rings. The lowest BCUT2D eigenvalue weighted by atomic mass is 10.3. The van der Waals surface area contributed by atoms with Gasteiger partial charge in [-0.3, -0.25) is 10.1 Å². The minimum absolute atomic E-state index is 0.146. The van der Waals surface area contributed by atoms with Gasteiger partial charge in [0.2, 0.25) is 5.95 Å². The van der Waals surface area contributed by atoms with Gasteiger partial charge in [-0.2, -0.15) is 4.98 Å². The van der Waals surface area contributed by atoms with E-state index in [4.69, 9.17) is 14.2 Å². The standard InChI is InChI=1S/C13H16N4O4/c1-3-20-9-6-4-5-7-10(9)21-8-11(18)14-12-15-13(19-2)17-16-12/h4-7H,3,8H2,1-2H3,(H2,14,15,16,17,18). The van der Waals surface area contributed by atoms with Crippen LogP contribution < -0.4 is 19.5 Å². The molecule has 2 N–H and O–H groups in total. The predicted octanol–water partition coefficient (Wildman–Crippen LogP) is 1.23. The first-order valence-corrected chi connectivity index (χ1v) is 6.33. The molecule has 0 saturated heterocycles. The fourth-order valence-electron chi connectivity index (χ4n) is 1.55. The Labute approximate surface area is 121 Å². The Kier molecular flexibility index (Phi) is 4.97. The fraction of sp³-hybridized carbons (Fsp3) is 0.308. The van der Waals surface area contributed by atoms with Crippen molar-refractivity contribution in [3.63, 3.8) is 0 Å². The fourth-order valence-corrected chi connectivity index (χ4v) is 1.55. The minimum Gasteiger partial charge on any atom is -0.490 e. The third-order valence-corrected chi connectivity index (χ3v) is 2.41. The van der Waals surface area contributed by atoms with Crippen molar-refractivity contribution in [2.45, 2.75) is 6.92 Å². The molecule has 1 aromatic carbocycles. The molecule has 0 radical (unpaired) electrons. The van der Waals surface area contributed by atoms with E-state index in [0.717, 1.165) is 0 Å². The Hall–Kier alpha value is -2.77. The SMILES string of the molecule is CCOc1ccccc1OCC(=O)Nc1nc(OC)n[nH]1. The van der Waals surface area contributed by atoms with Gasteiger partial charge in [-0.05, 0) is 19.1 Å². The van der Waals surface area contributed by atoms with Crippen molar-refractivity contribution in [2.24, 2.45) is 0 Å². The van der Waals surface area contributed by atoms with Gasteiger partial charge in [0, 0.05) is 0 Å². The summed E-state index contributed by atoms with van der Waals surface area (Å²) in [6.07, 6.45) is 0. The third-order valence-electron chi connectivity index (χ3n) is 2.41. The number of aromatic amines is 1. The molecular weight excluding hydrogens is 276 g/mol. The van der Waals surface area contributed by atoms with Crippen LogP contribution in [0.1, 0.15) is 6.92 Å². The van der Waals surface area contributed by atoms with E-state index in [1.54, 1.807) is 18.2 Å². The number of nitrogens with zero attached hydrogens (tertiary/aromatic N) is 2. The van der Waals surface area contributed by atoms with Crippen LogP contribution in [0.15, 0.2) is 24.3 Å². The first-order chi connectivity index (χ1) is 10.2. The van der Waals surface area contributed by atoms with Crippen molar-refractivity contribution in [1.82, 2.24) is 15.2 Å². The Morgan fingerprint density at radius 1 is 1.29 bits per heavy atom. The molecule has 1 aromatic heterocycles. The molecule has 0 fully saturated rings. The first-order valence-electron chi connectivity index (χ1n) is 6.33. The van der Waals surface area contributed by atoms with Crippen molar-refractivity contribution in [2.75, 3.05) is 25.6 Å². The second-order valence-electron chi connectivity index (χ2n) is 3.89. The number of methoxy groups -OCH3 is 1. The zero-order valence-electron chi connectivity index (χ0n) is 11.8. The summed E-state index contributed by atoms with van der Waals surface area (Å²) in [7, 11) is 1.43. The summed E-state index contributed by atoms with van der Waals surface area (Å²) in [4.78, 5) is 15.6. The minimum atomic E-state index is -0.375. The maximum atomic E-state index is 11.7. The van der Waals surface area contributed by atoms with Gasteiger partial charge < -0.3 is 14.2 Å². The van der Waals surface area contributed by atoms with Crippen LogP contribution in [0.3, 0.4) is 0 Å². The van der Waals surface area contributed by atoms with Gasteiger partial charge in [0.1, 0.15) is 0 Å². The quantitative estimate of drug-likeness (QED) is 0.796. The number of benzene rings is 1. The van der Waals surface area contributed by atoms with Crippen LogP contribution in [0.4, 0.5) is 5.95 Å². The molecule has 0 unspecified atom stereocenters. The zero-order chi connectivity index (χ0) is 15.1. The molecule has 2 aromatic rings. The van der Waals surface area contributed by atoms with Crippen LogP contribution in [0.5, 0.6) is 17.5 Å². The number of hydrogen-bond acceptors (Lipinski definition) is 6. The molecule has 0 atom stereocenters. The second-order valence-corrected chi connectivity index (χ2v) is 3.89. The Morgan fingerprint density at radius 2 is 2.00 bits per heavy atom. The lowest BCUT2D eigenvalue weighted by Crippen LogP contribution is -2.21. The molecule has 8 nitrogen and oxygen atoms in total. The van der Waals surface area contributed by atoms with E-state index < -0.39 is 0 Å². The highest BCUT2D eigenvalue weighted by atomic mass is 16.5. The lowest BCUT2D eigenvalue weighted by molar-refractivity contribution is -0.118. The summed E-state index contributed by atoms with van der Waals surface area (Å²) < 4.78 is 15.6. The zero-order valence-corrected chi connectivity index (χ0v) is 11.8. The second kappa shape index (κ2) is 7.13. The van der Waals surface area contributed by atoms with Crippen LogP contribution in [0.25, 0.3) is 0 Å². The smallest absolute Gasteiger partial charge is 0.336 e. The van der Waals surface area contributed by atoms with Crippen molar-refractivity contribution in [3.05, 3.63) is 24.3 Å². The maximum Gasteiger partial charge on any atom is 0.336 e. The number of ether oxygens (including phenoxy) is 3. The Bertz CT molecular complexity index is 599. The average Bonchev–Trinajstić information content (AvgIpc) is 2.94. The Morgan fingerprint density at radius 3 is 2.62 bits per heavy atom. The van der Waals surface area contributed by atoms with E-state index >= 15 is 0 Å². The highest BCUT2D eigenvalue weighted by Crippen LogP contribution is 2.26. The number of anilines is 1. The number of para-hydroxylation sites is 2. The summed E-state index contributed by atoms with van der Waals surface area (Å²) in [5, 5.41) is 8.73. The summed E-state index contributed by atoms with van der Waals surface area (Å²) in [5.74, 6) is 0.914. The molecule has 0 aliphatic carbocycles. The number of rotatable bonds is 7. The van der Waals surface area contributed by atoms with Crippen molar-refractivity contribution in [1.29, 1.82) is 0 Å². The molecular formula is C13H16N4O4. The number of H-pyrrole nitrogens is 1. The topological polar surface area (TPSA) is 98.4 Å². The van der Waals surface area contributed by atoms with Gasteiger partial charge in [0.25, 0.3) is 5.91 Å². The number of hydrogen-bond donors (Lipinski definition) is 2. The molecule has 0 aliphatic heterocycles. The number of aromatic nitrogens is 3. The molecule has 2 rings (SSSR count). The molecule has 0 saturated carbocycles. The van der Waals surface area contributed by atoms with Crippen molar-refractivity contribution >= 4 is 11.9 Å².